The van der Waals surface area contributed by atoms with Gasteiger partial charge in [-0.2, -0.15) is 5.26 Å². The molecule has 0 bridgehead atoms. The molecule has 1 fully saturated rings. The van der Waals surface area contributed by atoms with Crippen LogP contribution in [-0.2, 0) is 11.3 Å². The van der Waals surface area contributed by atoms with Crippen LogP contribution in [0, 0.1) is 11.3 Å². The van der Waals surface area contributed by atoms with E-state index in [1.807, 2.05) is 18.2 Å². The summed E-state index contributed by atoms with van der Waals surface area (Å²) in [7, 11) is 0. The van der Waals surface area contributed by atoms with Gasteiger partial charge in [-0.05, 0) is 23.8 Å². The molecule has 1 amide bonds. The highest BCUT2D eigenvalue weighted by Gasteiger charge is 2.14. The Morgan fingerprint density at radius 1 is 1.38 bits per heavy atom. The van der Waals surface area contributed by atoms with Crippen LogP contribution >= 0.6 is 11.6 Å². The number of aromatic amines is 1. The third kappa shape index (κ3) is 3.95. The van der Waals surface area contributed by atoms with Gasteiger partial charge in [0.1, 0.15) is 11.8 Å². The summed E-state index contributed by atoms with van der Waals surface area (Å²) >= 11 is 6.35. The third-order valence-electron chi connectivity index (χ3n) is 3.87. The standard InChI is InChI=1S/C17H17ClN4O2/c18-16-8-14(21-17(23)13-7-15(9-19)20-10-13)2-1-12(16)11-22-3-5-24-6-4-22/h1-2,7-8,10,20H,3-6,11H2,(H,21,23). The highest BCUT2D eigenvalue weighted by Crippen LogP contribution is 2.23. The minimum atomic E-state index is -0.287. The molecule has 24 heavy (non-hydrogen) atoms. The molecule has 0 spiro atoms. The van der Waals surface area contributed by atoms with Crippen molar-refractivity contribution in [2.75, 3.05) is 31.6 Å². The number of rotatable bonds is 4. The largest absolute Gasteiger partial charge is 0.379 e. The first kappa shape index (κ1) is 16.5. The van der Waals surface area contributed by atoms with Crippen LogP contribution in [0.4, 0.5) is 5.69 Å². The first-order valence-electron chi connectivity index (χ1n) is 7.64. The van der Waals surface area contributed by atoms with Crippen LogP contribution in [0.2, 0.25) is 5.02 Å². The number of nitrogens with one attached hydrogen (secondary N) is 2. The first-order valence-corrected chi connectivity index (χ1v) is 8.02. The Bertz CT molecular complexity index is 775. The molecule has 1 aromatic carbocycles. The van der Waals surface area contributed by atoms with E-state index >= 15 is 0 Å². The topological polar surface area (TPSA) is 81.2 Å². The molecule has 0 atom stereocenters. The van der Waals surface area contributed by atoms with Crippen LogP contribution in [0.25, 0.3) is 0 Å². The Morgan fingerprint density at radius 2 is 2.17 bits per heavy atom. The zero-order chi connectivity index (χ0) is 16.9. The van der Waals surface area contributed by atoms with E-state index < -0.39 is 0 Å². The minimum Gasteiger partial charge on any atom is -0.379 e. The second-order valence-corrected chi connectivity index (χ2v) is 5.97. The van der Waals surface area contributed by atoms with Crippen LogP contribution in [-0.4, -0.2) is 42.1 Å². The van der Waals surface area contributed by atoms with Gasteiger partial charge in [0.25, 0.3) is 5.91 Å². The number of carbonyl (C=O) groups excluding carboxylic acids is 1. The Kier molecular flexibility index (Phi) is 5.16. The predicted octanol–water partition coefficient (Wildman–Crippen LogP) is 2.62. The van der Waals surface area contributed by atoms with Gasteiger partial charge in [0.05, 0.1) is 18.8 Å². The molecule has 1 saturated heterocycles. The summed E-state index contributed by atoms with van der Waals surface area (Å²) < 4.78 is 5.34. The van der Waals surface area contributed by atoms with Crippen molar-refractivity contribution in [3.05, 3.63) is 52.3 Å². The van der Waals surface area contributed by atoms with Crippen molar-refractivity contribution in [2.24, 2.45) is 0 Å². The number of anilines is 1. The maximum absolute atomic E-state index is 12.2. The van der Waals surface area contributed by atoms with Gasteiger partial charge >= 0.3 is 0 Å². The molecule has 3 rings (SSSR count). The molecule has 0 saturated carbocycles. The summed E-state index contributed by atoms with van der Waals surface area (Å²) in [6, 6.07) is 8.95. The molecular formula is C17H17ClN4O2. The predicted molar refractivity (Wildman–Crippen MR) is 91.0 cm³/mol. The summed E-state index contributed by atoms with van der Waals surface area (Å²) in [5.41, 5.74) is 2.39. The fourth-order valence-electron chi connectivity index (χ4n) is 2.55. The average molecular weight is 345 g/mol. The zero-order valence-corrected chi connectivity index (χ0v) is 13.8. The number of amides is 1. The van der Waals surface area contributed by atoms with Crippen LogP contribution < -0.4 is 5.32 Å². The average Bonchev–Trinajstić information content (AvgIpc) is 3.08. The van der Waals surface area contributed by atoms with E-state index in [-0.39, 0.29) is 5.91 Å². The minimum absolute atomic E-state index is 0.287. The van der Waals surface area contributed by atoms with E-state index in [0.29, 0.717) is 22.0 Å². The lowest BCUT2D eigenvalue weighted by molar-refractivity contribution is 0.0342. The van der Waals surface area contributed by atoms with Crippen molar-refractivity contribution >= 4 is 23.2 Å². The van der Waals surface area contributed by atoms with Gasteiger partial charge in [-0.15, -0.1) is 0 Å². The second-order valence-electron chi connectivity index (χ2n) is 5.56. The molecule has 7 heteroatoms. The molecule has 1 aliphatic heterocycles. The summed E-state index contributed by atoms with van der Waals surface area (Å²) in [5, 5.41) is 12.2. The van der Waals surface area contributed by atoms with Gasteiger partial charge < -0.3 is 15.0 Å². The number of hydrogen-bond acceptors (Lipinski definition) is 4. The molecule has 1 aromatic heterocycles. The first-order chi connectivity index (χ1) is 11.7. The summed E-state index contributed by atoms with van der Waals surface area (Å²) in [6.07, 6.45) is 1.50. The van der Waals surface area contributed by atoms with E-state index in [9.17, 15) is 4.79 Å². The van der Waals surface area contributed by atoms with Crippen molar-refractivity contribution in [1.82, 2.24) is 9.88 Å². The van der Waals surface area contributed by atoms with Gasteiger partial charge in [-0.3, -0.25) is 9.69 Å². The molecule has 0 unspecified atom stereocenters. The molecule has 2 heterocycles. The van der Waals surface area contributed by atoms with Crippen LogP contribution in [0.5, 0.6) is 0 Å². The van der Waals surface area contributed by atoms with E-state index in [4.69, 9.17) is 21.6 Å². The number of hydrogen-bond donors (Lipinski definition) is 2. The quantitative estimate of drug-likeness (QED) is 0.893. The van der Waals surface area contributed by atoms with Gasteiger partial charge in [-0.1, -0.05) is 17.7 Å². The van der Waals surface area contributed by atoms with Crippen molar-refractivity contribution in [3.8, 4) is 6.07 Å². The summed E-state index contributed by atoms with van der Waals surface area (Å²) in [6.45, 7) is 4.03. The van der Waals surface area contributed by atoms with Gasteiger partial charge in [0.2, 0.25) is 0 Å². The van der Waals surface area contributed by atoms with Crippen LogP contribution in [0.15, 0.2) is 30.5 Å². The molecular weight excluding hydrogens is 328 g/mol. The van der Waals surface area contributed by atoms with E-state index in [2.05, 4.69) is 15.2 Å². The van der Waals surface area contributed by atoms with E-state index in [1.165, 1.54) is 12.3 Å². The van der Waals surface area contributed by atoms with Crippen LogP contribution in [0.3, 0.4) is 0 Å². The number of nitrogens with zero attached hydrogens (tertiary/aromatic N) is 2. The van der Waals surface area contributed by atoms with E-state index in [0.717, 1.165) is 38.4 Å². The van der Waals surface area contributed by atoms with Gasteiger partial charge in [0, 0.05) is 36.5 Å². The molecule has 1 aliphatic rings. The second kappa shape index (κ2) is 7.49. The number of benzene rings is 1. The summed E-state index contributed by atoms with van der Waals surface area (Å²) in [4.78, 5) is 17.2. The normalized spacial score (nSPS) is 15.0. The number of carbonyl (C=O) groups is 1. The Morgan fingerprint density at radius 3 is 2.83 bits per heavy atom. The lowest BCUT2D eigenvalue weighted by Gasteiger charge is -2.27. The SMILES string of the molecule is N#Cc1cc(C(=O)Nc2ccc(CN3CCOCC3)c(Cl)c2)c[nH]1. The number of morpholine rings is 1. The Hall–Kier alpha value is -2.33. The number of ether oxygens (including phenoxy) is 1. The van der Waals surface area contributed by atoms with Gasteiger partial charge in [-0.25, -0.2) is 0 Å². The molecule has 0 radical (unpaired) electrons. The van der Waals surface area contributed by atoms with Crippen molar-refractivity contribution in [2.45, 2.75) is 6.54 Å². The maximum Gasteiger partial charge on any atom is 0.257 e. The highest BCUT2D eigenvalue weighted by atomic mass is 35.5. The maximum atomic E-state index is 12.2. The highest BCUT2D eigenvalue weighted by molar-refractivity contribution is 6.31. The summed E-state index contributed by atoms with van der Waals surface area (Å²) in [5.74, 6) is -0.287. The zero-order valence-electron chi connectivity index (χ0n) is 13.0. The molecule has 124 valence electrons. The Labute approximate surface area is 145 Å². The molecule has 2 aromatic rings. The smallest absolute Gasteiger partial charge is 0.257 e. The third-order valence-corrected chi connectivity index (χ3v) is 4.23. The number of H-pyrrole nitrogens is 1. The monoisotopic (exact) mass is 344 g/mol. The lowest BCUT2D eigenvalue weighted by Crippen LogP contribution is -2.35. The van der Waals surface area contributed by atoms with E-state index in [1.54, 1.807) is 6.07 Å². The number of aromatic nitrogens is 1. The number of halogens is 1. The van der Waals surface area contributed by atoms with Gasteiger partial charge in [0.15, 0.2) is 0 Å². The number of nitriles is 1. The molecule has 6 nitrogen and oxygen atoms in total. The van der Waals surface area contributed by atoms with Crippen molar-refractivity contribution < 1.29 is 9.53 Å². The Balaban J connectivity index is 1.65. The molecule has 0 aliphatic carbocycles. The van der Waals surface area contributed by atoms with Crippen molar-refractivity contribution in [1.29, 1.82) is 5.26 Å². The fraction of sp³-hybridized carbons (Fsp3) is 0.294. The van der Waals surface area contributed by atoms with Crippen molar-refractivity contribution in [3.63, 3.8) is 0 Å². The molecule has 2 N–H and O–H groups in total. The van der Waals surface area contributed by atoms with Crippen LogP contribution in [0.1, 0.15) is 21.6 Å². The fourth-order valence-corrected chi connectivity index (χ4v) is 2.79. The lowest BCUT2D eigenvalue weighted by atomic mass is 10.1.